The van der Waals surface area contributed by atoms with Gasteiger partial charge in [0, 0.05) is 21.2 Å². The molecule has 0 saturated heterocycles. The van der Waals surface area contributed by atoms with E-state index in [2.05, 4.69) is 27.8 Å². The number of benzene rings is 1. The normalized spacial score (nSPS) is 14.1. The molecular formula is C21H21N3O3S2. The van der Waals surface area contributed by atoms with Crippen LogP contribution in [0.5, 0.6) is 0 Å². The van der Waals surface area contributed by atoms with E-state index in [-0.39, 0.29) is 24.0 Å². The van der Waals surface area contributed by atoms with Gasteiger partial charge < -0.3 is 9.73 Å². The van der Waals surface area contributed by atoms with Gasteiger partial charge >= 0.3 is 0 Å². The maximum absolute atomic E-state index is 12.3. The molecule has 2 heterocycles. The minimum Gasteiger partial charge on any atom is -0.459 e. The molecule has 1 aliphatic rings. The fraction of sp³-hybridized carbons (Fsp3) is 0.286. The second-order valence-electron chi connectivity index (χ2n) is 6.85. The summed E-state index contributed by atoms with van der Waals surface area (Å²) in [5, 5.41) is 8.48. The van der Waals surface area contributed by atoms with Crippen LogP contribution in [0.4, 0.5) is 10.8 Å². The second-order valence-corrected chi connectivity index (χ2v) is 9.08. The highest BCUT2D eigenvalue weighted by Gasteiger charge is 2.16. The van der Waals surface area contributed by atoms with Crippen LogP contribution in [0.25, 0.3) is 0 Å². The SMILES string of the molecule is O=C(Cc1csc(NC(=O)c2ccco2)n1)Nc1ccc(SC2CCCC2)cc1. The minimum absolute atomic E-state index is 0.143. The lowest BCUT2D eigenvalue weighted by atomic mass is 10.3. The van der Waals surface area contributed by atoms with Crippen molar-refractivity contribution in [2.45, 2.75) is 42.2 Å². The van der Waals surface area contributed by atoms with Crippen LogP contribution in [-0.4, -0.2) is 22.0 Å². The number of carbonyl (C=O) groups is 2. The van der Waals surface area contributed by atoms with Crippen LogP contribution in [0.2, 0.25) is 0 Å². The molecule has 0 atom stereocenters. The average Bonchev–Trinajstić information content (AvgIpc) is 3.46. The minimum atomic E-state index is -0.365. The molecule has 1 aliphatic carbocycles. The van der Waals surface area contributed by atoms with Crippen LogP contribution in [-0.2, 0) is 11.2 Å². The number of thiazole rings is 1. The van der Waals surface area contributed by atoms with E-state index in [0.717, 1.165) is 10.9 Å². The van der Waals surface area contributed by atoms with Gasteiger partial charge in [-0.3, -0.25) is 14.9 Å². The van der Waals surface area contributed by atoms with E-state index in [9.17, 15) is 9.59 Å². The first kappa shape index (κ1) is 19.7. The van der Waals surface area contributed by atoms with Gasteiger partial charge in [-0.2, -0.15) is 0 Å². The molecule has 0 bridgehead atoms. The summed E-state index contributed by atoms with van der Waals surface area (Å²) < 4.78 is 5.05. The fourth-order valence-electron chi connectivity index (χ4n) is 3.20. The van der Waals surface area contributed by atoms with Crippen molar-refractivity contribution in [1.82, 2.24) is 4.98 Å². The number of hydrogen-bond acceptors (Lipinski definition) is 6. The van der Waals surface area contributed by atoms with Crippen molar-refractivity contribution in [3.63, 3.8) is 0 Å². The third kappa shape index (κ3) is 5.48. The highest BCUT2D eigenvalue weighted by Crippen LogP contribution is 2.35. The molecule has 2 N–H and O–H groups in total. The van der Waals surface area contributed by atoms with E-state index in [4.69, 9.17) is 4.42 Å². The van der Waals surface area contributed by atoms with Gasteiger partial charge in [-0.15, -0.1) is 23.1 Å². The maximum Gasteiger partial charge on any atom is 0.293 e. The van der Waals surface area contributed by atoms with E-state index >= 15 is 0 Å². The van der Waals surface area contributed by atoms with Crippen LogP contribution in [0.1, 0.15) is 41.9 Å². The van der Waals surface area contributed by atoms with Crippen molar-refractivity contribution in [3.05, 3.63) is 59.5 Å². The standard InChI is InChI=1S/C21H21N3O3S2/c25-19(22-14-7-9-17(10-8-14)29-16-4-1-2-5-16)12-15-13-28-21(23-15)24-20(26)18-6-3-11-27-18/h3,6-11,13,16H,1-2,4-5,12H2,(H,22,25)(H,23,24,26). The maximum atomic E-state index is 12.3. The molecule has 2 aromatic heterocycles. The Hall–Kier alpha value is -2.58. The second kappa shape index (κ2) is 9.28. The summed E-state index contributed by atoms with van der Waals surface area (Å²) in [4.78, 5) is 29.8. The molecule has 1 aromatic carbocycles. The number of rotatable bonds is 7. The van der Waals surface area contributed by atoms with Gasteiger partial charge in [-0.1, -0.05) is 12.8 Å². The smallest absolute Gasteiger partial charge is 0.293 e. The molecule has 1 fully saturated rings. The number of carbonyl (C=O) groups excluding carboxylic acids is 2. The summed E-state index contributed by atoms with van der Waals surface area (Å²) in [5.41, 5.74) is 1.38. The molecule has 150 valence electrons. The average molecular weight is 428 g/mol. The topological polar surface area (TPSA) is 84.2 Å². The monoisotopic (exact) mass is 427 g/mol. The van der Waals surface area contributed by atoms with Crippen molar-refractivity contribution in [2.24, 2.45) is 0 Å². The van der Waals surface area contributed by atoms with E-state index in [0.29, 0.717) is 10.8 Å². The summed E-state index contributed by atoms with van der Waals surface area (Å²) in [6.45, 7) is 0. The lowest BCUT2D eigenvalue weighted by Gasteiger charge is -2.09. The summed E-state index contributed by atoms with van der Waals surface area (Å²) >= 11 is 3.20. The number of nitrogens with zero attached hydrogens (tertiary/aromatic N) is 1. The van der Waals surface area contributed by atoms with E-state index in [1.54, 1.807) is 17.5 Å². The molecule has 0 unspecified atom stereocenters. The third-order valence-corrected chi connectivity index (χ3v) is 6.76. The highest BCUT2D eigenvalue weighted by atomic mass is 32.2. The predicted molar refractivity (Wildman–Crippen MR) is 116 cm³/mol. The number of thioether (sulfide) groups is 1. The molecule has 1 saturated carbocycles. The van der Waals surface area contributed by atoms with Crippen LogP contribution >= 0.6 is 23.1 Å². The van der Waals surface area contributed by atoms with Gasteiger partial charge in [0.2, 0.25) is 5.91 Å². The number of anilines is 2. The molecule has 0 radical (unpaired) electrons. The fourth-order valence-corrected chi connectivity index (χ4v) is 5.15. The number of nitrogens with one attached hydrogen (secondary N) is 2. The van der Waals surface area contributed by atoms with Crippen molar-refractivity contribution >= 4 is 45.7 Å². The summed E-state index contributed by atoms with van der Waals surface area (Å²) in [5.74, 6) is -0.291. The molecule has 0 spiro atoms. The summed E-state index contributed by atoms with van der Waals surface area (Å²) in [6, 6.07) is 11.2. The van der Waals surface area contributed by atoms with Gasteiger partial charge in [-0.25, -0.2) is 4.98 Å². The molecule has 6 nitrogen and oxygen atoms in total. The van der Waals surface area contributed by atoms with Crippen molar-refractivity contribution in [1.29, 1.82) is 0 Å². The number of hydrogen-bond donors (Lipinski definition) is 2. The molecular weight excluding hydrogens is 406 g/mol. The van der Waals surface area contributed by atoms with Gasteiger partial charge in [0.1, 0.15) is 0 Å². The Labute approximate surface area is 177 Å². The molecule has 4 rings (SSSR count). The number of aromatic nitrogens is 1. The summed E-state index contributed by atoms with van der Waals surface area (Å²) in [6.07, 6.45) is 6.83. The first-order valence-electron chi connectivity index (χ1n) is 9.51. The largest absolute Gasteiger partial charge is 0.459 e. The Kier molecular flexibility index (Phi) is 6.31. The van der Waals surface area contributed by atoms with Crippen LogP contribution in [0.15, 0.2) is 57.4 Å². The number of amides is 2. The Morgan fingerprint density at radius 1 is 1.14 bits per heavy atom. The third-order valence-electron chi connectivity index (χ3n) is 4.60. The Morgan fingerprint density at radius 3 is 2.66 bits per heavy atom. The zero-order valence-electron chi connectivity index (χ0n) is 15.7. The van der Waals surface area contributed by atoms with Gasteiger partial charge in [0.15, 0.2) is 10.9 Å². The van der Waals surface area contributed by atoms with Crippen molar-refractivity contribution in [3.8, 4) is 0 Å². The Balaban J connectivity index is 1.27. The van der Waals surface area contributed by atoms with Crippen molar-refractivity contribution in [2.75, 3.05) is 10.6 Å². The zero-order chi connectivity index (χ0) is 20.1. The molecule has 2 amide bonds. The van der Waals surface area contributed by atoms with Gasteiger partial charge in [0.05, 0.1) is 18.4 Å². The first-order chi connectivity index (χ1) is 14.2. The van der Waals surface area contributed by atoms with Crippen LogP contribution < -0.4 is 10.6 Å². The zero-order valence-corrected chi connectivity index (χ0v) is 17.4. The predicted octanol–water partition coefficient (Wildman–Crippen LogP) is 5.20. The van der Waals surface area contributed by atoms with E-state index in [1.807, 2.05) is 23.9 Å². The quantitative estimate of drug-likeness (QED) is 0.541. The lowest BCUT2D eigenvalue weighted by Crippen LogP contribution is -2.15. The van der Waals surface area contributed by atoms with Gasteiger partial charge in [-0.05, 0) is 49.2 Å². The molecule has 8 heteroatoms. The first-order valence-corrected chi connectivity index (χ1v) is 11.3. The van der Waals surface area contributed by atoms with E-state index in [1.165, 1.54) is 48.2 Å². The Morgan fingerprint density at radius 2 is 1.93 bits per heavy atom. The van der Waals surface area contributed by atoms with Crippen LogP contribution in [0, 0.1) is 0 Å². The van der Waals surface area contributed by atoms with E-state index < -0.39 is 0 Å². The Bertz CT molecular complexity index is 961. The van der Waals surface area contributed by atoms with Crippen LogP contribution in [0.3, 0.4) is 0 Å². The molecule has 3 aromatic rings. The van der Waals surface area contributed by atoms with Gasteiger partial charge in [0.25, 0.3) is 5.91 Å². The van der Waals surface area contributed by atoms with Crippen molar-refractivity contribution < 1.29 is 14.0 Å². The summed E-state index contributed by atoms with van der Waals surface area (Å²) in [7, 11) is 0. The highest BCUT2D eigenvalue weighted by molar-refractivity contribution is 8.00. The lowest BCUT2D eigenvalue weighted by molar-refractivity contribution is -0.115. The number of furan rings is 1. The molecule has 0 aliphatic heterocycles. The molecule has 29 heavy (non-hydrogen) atoms.